The number of ether oxygens (including phenoxy) is 1. The topological polar surface area (TPSA) is 41.5 Å². The molecule has 2 atom stereocenters. The molecule has 0 aromatic heterocycles. The van der Waals surface area contributed by atoms with Gasteiger partial charge in [0.05, 0.1) is 10.6 Å². The van der Waals surface area contributed by atoms with Crippen molar-refractivity contribution < 1.29 is 9.84 Å². The van der Waals surface area contributed by atoms with Crippen molar-refractivity contribution in [1.82, 2.24) is 0 Å². The SMILES string of the molecule is CC1=C[C@@H]([C@H]2Oc3ccc(O)c(Cl)c3-c3ccc4c(c32)C(C)=CC(C)(C)N4)CCC1. The number of aromatic hydroxyl groups is 1. The summed E-state index contributed by atoms with van der Waals surface area (Å²) in [7, 11) is 0. The quantitative estimate of drug-likeness (QED) is 0.468. The third-order valence-corrected chi connectivity index (χ3v) is 6.94. The molecule has 0 bridgehead atoms. The van der Waals surface area contributed by atoms with Gasteiger partial charge in [-0.25, -0.2) is 0 Å². The number of nitrogens with one attached hydrogen (secondary N) is 1. The van der Waals surface area contributed by atoms with E-state index >= 15 is 0 Å². The molecule has 0 spiro atoms. The van der Waals surface area contributed by atoms with E-state index in [1.54, 1.807) is 6.07 Å². The predicted octanol–water partition coefficient (Wildman–Crippen LogP) is 7.50. The number of fused-ring (bicyclic) bond motifs is 5. The standard InChI is InChI=1S/C26H28ClNO2/c1-14-6-5-7-16(12-14)25-23-17(22-20(30-25)11-10-19(29)24(22)27)8-9-18-21(23)15(2)13-26(3,4)28-18/h8-13,16,25,28-29H,5-7H2,1-4H3/t16-,25+/m0/s1. The molecule has 0 fully saturated rings. The van der Waals surface area contributed by atoms with E-state index in [2.05, 4.69) is 57.3 Å². The van der Waals surface area contributed by atoms with Crippen LogP contribution in [0, 0.1) is 5.92 Å². The van der Waals surface area contributed by atoms with E-state index in [0.717, 1.165) is 35.4 Å². The summed E-state index contributed by atoms with van der Waals surface area (Å²) in [5.41, 5.74) is 7.94. The van der Waals surface area contributed by atoms with Gasteiger partial charge in [0.2, 0.25) is 0 Å². The third-order valence-electron chi connectivity index (χ3n) is 6.56. The Morgan fingerprint density at radius 3 is 2.70 bits per heavy atom. The first-order valence-corrected chi connectivity index (χ1v) is 11.1. The molecule has 2 N–H and O–H groups in total. The van der Waals surface area contributed by atoms with Crippen molar-refractivity contribution in [2.24, 2.45) is 5.92 Å². The van der Waals surface area contributed by atoms with Gasteiger partial charge in [-0.05, 0) is 76.3 Å². The minimum atomic E-state index is -0.106. The summed E-state index contributed by atoms with van der Waals surface area (Å²) < 4.78 is 6.65. The molecule has 3 aliphatic rings. The molecule has 0 saturated heterocycles. The van der Waals surface area contributed by atoms with Crippen molar-refractivity contribution in [3.8, 4) is 22.6 Å². The number of rotatable bonds is 1. The normalized spacial score (nSPS) is 23.8. The van der Waals surface area contributed by atoms with Crippen LogP contribution in [0.25, 0.3) is 16.7 Å². The van der Waals surface area contributed by atoms with E-state index in [1.807, 2.05) is 6.07 Å². The van der Waals surface area contributed by atoms with Gasteiger partial charge in [0, 0.05) is 28.3 Å². The van der Waals surface area contributed by atoms with E-state index in [4.69, 9.17) is 16.3 Å². The van der Waals surface area contributed by atoms with Gasteiger partial charge in [-0.3, -0.25) is 0 Å². The Kier molecular flexibility index (Phi) is 4.44. The van der Waals surface area contributed by atoms with E-state index in [1.165, 1.54) is 28.7 Å². The highest BCUT2D eigenvalue weighted by Crippen LogP contribution is 2.55. The molecule has 0 radical (unpaired) electrons. The van der Waals surface area contributed by atoms with Crippen LogP contribution in [-0.4, -0.2) is 10.6 Å². The summed E-state index contributed by atoms with van der Waals surface area (Å²) in [4.78, 5) is 0. The summed E-state index contributed by atoms with van der Waals surface area (Å²) in [6, 6.07) is 7.74. The molecular formula is C26H28ClNO2. The number of allylic oxidation sites excluding steroid dienone is 2. The van der Waals surface area contributed by atoms with Crippen LogP contribution in [-0.2, 0) is 0 Å². The molecule has 2 heterocycles. The van der Waals surface area contributed by atoms with E-state index < -0.39 is 0 Å². The van der Waals surface area contributed by atoms with Crippen LogP contribution in [0.2, 0.25) is 5.02 Å². The van der Waals surface area contributed by atoms with Crippen molar-refractivity contribution in [2.75, 3.05) is 5.32 Å². The van der Waals surface area contributed by atoms with Crippen LogP contribution >= 0.6 is 11.6 Å². The molecule has 2 aliphatic heterocycles. The number of halogens is 1. The molecule has 156 valence electrons. The average Bonchev–Trinajstić information content (AvgIpc) is 2.68. The van der Waals surface area contributed by atoms with Gasteiger partial charge in [0.1, 0.15) is 17.6 Å². The number of benzene rings is 2. The Hall–Kier alpha value is -2.39. The summed E-state index contributed by atoms with van der Waals surface area (Å²) in [5.74, 6) is 1.14. The number of phenolic OH excluding ortho intramolecular Hbond substituents is 1. The maximum absolute atomic E-state index is 10.3. The monoisotopic (exact) mass is 421 g/mol. The van der Waals surface area contributed by atoms with E-state index in [-0.39, 0.29) is 17.4 Å². The second-order valence-electron chi connectivity index (χ2n) is 9.50. The largest absolute Gasteiger partial charge is 0.506 e. The fraction of sp³-hybridized carbons (Fsp3) is 0.385. The van der Waals surface area contributed by atoms with Crippen molar-refractivity contribution in [3.63, 3.8) is 0 Å². The zero-order valence-corrected chi connectivity index (χ0v) is 18.7. The first-order valence-electron chi connectivity index (χ1n) is 10.8. The van der Waals surface area contributed by atoms with Gasteiger partial charge < -0.3 is 15.2 Å². The van der Waals surface area contributed by atoms with Gasteiger partial charge in [-0.1, -0.05) is 35.4 Å². The minimum Gasteiger partial charge on any atom is -0.506 e. The number of phenols is 1. The van der Waals surface area contributed by atoms with Crippen LogP contribution < -0.4 is 10.1 Å². The van der Waals surface area contributed by atoms with Crippen LogP contribution in [0.3, 0.4) is 0 Å². The van der Waals surface area contributed by atoms with Crippen molar-refractivity contribution in [2.45, 2.75) is 58.6 Å². The van der Waals surface area contributed by atoms with Crippen LogP contribution in [0.1, 0.15) is 64.2 Å². The fourth-order valence-corrected chi connectivity index (χ4v) is 5.70. The second kappa shape index (κ2) is 6.81. The Labute approximate surface area is 183 Å². The van der Waals surface area contributed by atoms with Gasteiger partial charge in [-0.2, -0.15) is 0 Å². The molecule has 4 heteroatoms. The minimum absolute atomic E-state index is 0.0790. The lowest BCUT2D eigenvalue weighted by atomic mass is 9.76. The molecule has 5 rings (SSSR count). The number of anilines is 1. The Bertz CT molecular complexity index is 1110. The number of hydrogen-bond donors (Lipinski definition) is 2. The summed E-state index contributed by atoms with van der Waals surface area (Å²) in [6.45, 7) is 8.77. The zero-order valence-electron chi connectivity index (χ0n) is 18.0. The van der Waals surface area contributed by atoms with Crippen LogP contribution in [0.15, 0.2) is 42.0 Å². The Morgan fingerprint density at radius 1 is 1.13 bits per heavy atom. The lowest BCUT2D eigenvalue weighted by molar-refractivity contribution is 0.145. The molecular weight excluding hydrogens is 394 g/mol. The fourth-order valence-electron chi connectivity index (χ4n) is 5.44. The third kappa shape index (κ3) is 3.02. The molecule has 3 nitrogen and oxygen atoms in total. The lowest BCUT2D eigenvalue weighted by Crippen LogP contribution is -2.33. The van der Waals surface area contributed by atoms with Crippen molar-refractivity contribution in [1.29, 1.82) is 0 Å². The summed E-state index contributed by atoms with van der Waals surface area (Å²) in [5, 5.41) is 14.3. The zero-order chi connectivity index (χ0) is 21.2. The first-order chi connectivity index (χ1) is 14.2. The van der Waals surface area contributed by atoms with Gasteiger partial charge in [-0.15, -0.1) is 0 Å². The first kappa shape index (κ1) is 19.6. The predicted molar refractivity (Wildman–Crippen MR) is 124 cm³/mol. The van der Waals surface area contributed by atoms with Crippen LogP contribution in [0.5, 0.6) is 11.5 Å². The maximum atomic E-state index is 10.3. The second-order valence-corrected chi connectivity index (χ2v) is 9.88. The molecule has 2 aromatic carbocycles. The van der Waals surface area contributed by atoms with Gasteiger partial charge >= 0.3 is 0 Å². The molecule has 1 aliphatic carbocycles. The van der Waals surface area contributed by atoms with Crippen LogP contribution in [0.4, 0.5) is 5.69 Å². The Morgan fingerprint density at radius 2 is 1.93 bits per heavy atom. The molecule has 30 heavy (non-hydrogen) atoms. The highest BCUT2D eigenvalue weighted by Gasteiger charge is 2.38. The van der Waals surface area contributed by atoms with Gasteiger partial charge in [0.25, 0.3) is 0 Å². The average molecular weight is 422 g/mol. The number of hydrogen-bond acceptors (Lipinski definition) is 3. The highest BCUT2D eigenvalue weighted by molar-refractivity contribution is 6.35. The molecule has 0 saturated carbocycles. The lowest BCUT2D eigenvalue weighted by Gasteiger charge is -2.39. The van der Waals surface area contributed by atoms with Crippen molar-refractivity contribution in [3.05, 3.63) is 58.1 Å². The molecule has 2 aromatic rings. The van der Waals surface area contributed by atoms with Crippen molar-refractivity contribution >= 4 is 22.9 Å². The smallest absolute Gasteiger partial charge is 0.135 e. The Balaban J connectivity index is 1.79. The highest BCUT2D eigenvalue weighted by atomic mass is 35.5. The van der Waals surface area contributed by atoms with E-state index in [0.29, 0.717) is 10.9 Å². The van der Waals surface area contributed by atoms with E-state index in [9.17, 15) is 5.11 Å². The molecule has 0 amide bonds. The summed E-state index contributed by atoms with van der Waals surface area (Å²) in [6.07, 6.45) is 8.05. The maximum Gasteiger partial charge on any atom is 0.135 e. The summed E-state index contributed by atoms with van der Waals surface area (Å²) >= 11 is 6.59. The van der Waals surface area contributed by atoms with Gasteiger partial charge in [0.15, 0.2) is 0 Å². The molecule has 0 unspecified atom stereocenters.